The predicted molar refractivity (Wildman–Crippen MR) is 225 cm³/mol. The molecule has 2 fully saturated rings. The summed E-state index contributed by atoms with van der Waals surface area (Å²) in [5.41, 5.74) is 3.75. The zero-order valence-electron chi connectivity index (χ0n) is 35.6. The van der Waals surface area contributed by atoms with E-state index >= 15 is 0 Å². The SMILES string of the molecule is CC1CN(C(=O)OCc2ccccc2)CCN1C[C@H]1CN(C(=O)O)[C@H](C)CN1CC(=O)N1CC(C)(C)c2nc(O[Si](C)(C)C(C)(C)C)c(Cc3ccc(F)cc3)cc21. The molecule has 3 amide bonds. The molecule has 12 nitrogen and oxygen atoms in total. The molecule has 3 aliphatic rings. The van der Waals surface area contributed by atoms with Gasteiger partial charge >= 0.3 is 12.2 Å². The van der Waals surface area contributed by atoms with Gasteiger partial charge in [0, 0.05) is 81.3 Å². The minimum Gasteiger partial charge on any atom is -0.530 e. The van der Waals surface area contributed by atoms with Crippen LogP contribution in [0, 0.1) is 5.82 Å². The fourth-order valence-corrected chi connectivity index (χ4v) is 8.92. The zero-order valence-corrected chi connectivity index (χ0v) is 36.6. The number of hydrogen-bond donors (Lipinski definition) is 1. The average Bonchev–Trinajstić information content (AvgIpc) is 3.42. The van der Waals surface area contributed by atoms with Gasteiger partial charge in [0.2, 0.25) is 11.8 Å². The molecule has 0 aliphatic carbocycles. The molecule has 0 bridgehead atoms. The number of hydrogen-bond acceptors (Lipinski definition) is 8. The summed E-state index contributed by atoms with van der Waals surface area (Å²) < 4.78 is 26.4. The number of rotatable bonds is 10. The van der Waals surface area contributed by atoms with Crippen molar-refractivity contribution in [2.24, 2.45) is 0 Å². The first-order valence-electron chi connectivity index (χ1n) is 20.4. The molecular formula is C44H61FN6O6Si. The summed E-state index contributed by atoms with van der Waals surface area (Å²) in [7, 11) is -2.31. The highest BCUT2D eigenvalue weighted by Gasteiger charge is 2.45. The molecule has 1 N–H and O–H groups in total. The number of carboxylic acid groups (broad SMARTS) is 1. The number of aromatic nitrogens is 1. The van der Waals surface area contributed by atoms with E-state index in [2.05, 4.69) is 64.4 Å². The maximum absolute atomic E-state index is 14.6. The number of ether oxygens (including phenoxy) is 1. The van der Waals surface area contributed by atoms with E-state index in [0.29, 0.717) is 51.6 Å². The zero-order chi connectivity index (χ0) is 42.2. The van der Waals surface area contributed by atoms with Gasteiger partial charge in [-0.15, -0.1) is 0 Å². The van der Waals surface area contributed by atoms with Crippen molar-refractivity contribution in [1.82, 2.24) is 24.6 Å². The van der Waals surface area contributed by atoms with Crippen LogP contribution in [0.2, 0.25) is 18.1 Å². The van der Waals surface area contributed by atoms with Crippen LogP contribution < -0.4 is 9.33 Å². The van der Waals surface area contributed by atoms with Gasteiger partial charge in [-0.2, -0.15) is 0 Å². The highest BCUT2D eigenvalue weighted by atomic mass is 28.4. The molecule has 14 heteroatoms. The smallest absolute Gasteiger partial charge is 0.410 e. The summed E-state index contributed by atoms with van der Waals surface area (Å²) >= 11 is 0. The molecule has 1 unspecified atom stereocenters. The topological polar surface area (TPSA) is 119 Å². The monoisotopic (exact) mass is 816 g/mol. The number of carbonyl (C=O) groups is 3. The molecule has 3 atom stereocenters. The standard InChI is InChI=1S/C44H61FN6O6Si/c1-30-23-48(42(55)56-28-33-13-11-10-12-14-33)20-19-47(30)25-36-26-50(41(53)54)31(2)24-49(36)27-38(52)51-29-44(6,7)39-37(51)22-34(21-32-15-17-35(45)18-16-32)40(46-39)57-58(8,9)43(3,4)5/h10-18,22,30-31,36H,19-21,23-29H2,1-9H3,(H,53,54)/t30?,31-,36+/m1/s1. The Morgan fingerprint density at radius 2 is 1.62 bits per heavy atom. The molecule has 0 radical (unpaired) electrons. The number of amides is 3. The highest BCUT2D eigenvalue weighted by molar-refractivity contribution is 6.74. The number of carbonyl (C=O) groups excluding carboxylic acids is 2. The summed E-state index contributed by atoms with van der Waals surface area (Å²) in [6.45, 7) is 22.6. The first kappa shape index (κ1) is 43.1. The molecule has 2 saturated heterocycles. The van der Waals surface area contributed by atoms with Crippen LogP contribution >= 0.6 is 0 Å². The number of nitrogens with zero attached hydrogens (tertiary/aromatic N) is 6. The van der Waals surface area contributed by atoms with Gasteiger partial charge in [-0.25, -0.2) is 19.0 Å². The summed E-state index contributed by atoms with van der Waals surface area (Å²) in [5, 5.41) is 10.1. The van der Waals surface area contributed by atoms with Crippen LogP contribution in [-0.4, -0.2) is 127 Å². The maximum Gasteiger partial charge on any atom is 0.410 e. The van der Waals surface area contributed by atoms with Gasteiger partial charge in [-0.3, -0.25) is 14.6 Å². The van der Waals surface area contributed by atoms with Crippen LogP contribution in [-0.2, 0) is 28.0 Å². The minimum absolute atomic E-state index is 0.00666. The second kappa shape index (κ2) is 17.0. The van der Waals surface area contributed by atoms with E-state index in [1.54, 1.807) is 17.0 Å². The molecule has 4 heterocycles. The fourth-order valence-electron chi connectivity index (χ4n) is 7.96. The van der Waals surface area contributed by atoms with Gasteiger partial charge in [0.05, 0.1) is 17.9 Å². The molecule has 1 aromatic heterocycles. The summed E-state index contributed by atoms with van der Waals surface area (Å²) in [4.78, 5) is 54.6. The Bertz CT molecular complexity index is 1960. The Morgan fingerprint density at radius 3 is 2.26 bits per heavy atom. The normalized spacial score (nSPS) is 21.5. The summed E-state index contributed by atoms with van der Waals surface area (Å²) in [6, 6.07) is 17.5. The van der Waals surface area contributed by atoms with Crippen LogP contribution in [0.4, 0.5) is 19.7 Å². The molecule has 3 aliphatic heterocycles. The third-order valence-electron chi connectivity index (χ3n) is 12.5. The molecule has 0 spiro atoms. The summed E-state index contributed by atoms with van der Waals surface area (Å²) in [6.07, 6.45) is -0.873. The molecule has 314 valence electrons. The molecular weight excluding hydrogens is 756 g/mol. The minimum atomic E-state index is -2.31. The average molecular weight is 817 g/mol. The van der Waals surface area contributed by atoms with Crippen LogP contribution in [0.5, 0.6) is 5.88 Å². The van der Waals surface area contributed by atoms with Crippen molar-refractivity contribution < 1.29 is 33.0 Å². The summed E-state index contributed by atoms with van der Waals surface area (Å²) in [5.74, 6) is 0.175. The van der Waals surface area contributed by atoms with E-state index in [-0.39, 0.29) is 60.7 Å². The number of halogens is 1. The second-order valence-electron chi connectivity index (χ2n) is 18.5. The van der Waals surface area contributed by atoms with Gasteiger partial charge in [0.1, 0.15) is 12.4 Å². The Labute approximate surface area is 344 Å². The Hall–Kier alpha value is -4.53. The maximum atomic E-state index is 14.6. The van der Waals surface area contributed by atoms with E-state index in [9.17, 15) is 23.9 Å². The van der Waals surface area contributed by atoms with E-state index in [4.69, 9.17) is 14.1 Å². The first-order valence-corrected chi connectivity index (χ1v) is 23.3. The molecule has 2 aromatic carbocycles. The van der Waals surface area contributed by atoms with Crippen molar-refractivity contribution >= 4 is 32.1 Å². The quantitative estimate of drug-likeness (QED) is 0.212. The van der Waals surface area contributed by atoms with Gasteiger partial charge in [0.15, 0.2) is 0 Å². The van der Waals surface area contributed by atoms with Gasteiger partial charge in [-0.05, 0) is 61.3 Å². The van der Waals surface area contributed by atoms with E-state index in [1.165, 1.54) is 17.0 Å². The van der Waals surface area contributed by atoms with Crippen molar-refractivity contribution in [2.75, 3.05) is 57.3 Å². The number of anilines is 1. The molecule has 3 aromatic rings. The van der Waals surface area contributed by atoms with Crippen LogP contribution in [0.1, 0.15) is 70.9 Å². The van der Waals surface area contributed by atoms with Crippen molar-refractivity contribution in [3.05, 3.63) is 88.9 Å². The lowest BCUT2D eigenvalue weighted by molar-refractivity contribution is -0.121. The Balaban J connectivity index is 1.21. The number of pyridine rings is 1. The van der Waals surface area contributed by atoms with E-state index in [1.807, 2.05) is 48.2 Å². The van der Waals surface area contributed by atoms with E-state index < -0.39 is 19.8 Å². The van der Waals surface area contributed by atoms with Crippen LogP contribution in [0.3, 0.4) is 0 Å². The lowest BCUT2D eigenvalue weighted by Crippen LogP contribution is -2.64. The third-order valence-corrected chi connectivity index (χ3v) is 16.8. The van der Waals surface area contributed by atoms with Crippen LogP contribution in [0.15, 0.2) is 60.7 Å². The van der Waals surface area contributed by atoms with Crippen LogP contribution in [0.25, 0.3) is 0 Å². The lowest BCUT2D eigenvalue weighted by atomic mass is 9.91. The van der Waals surface area contributed by atoms with Gasteiger partial charge < -0.3 is 29.0 Å². The van der Waals surface area contributed by atoms with Crippen molar-refractivity contribution in [2.45, 2.75) is 103 Å². The van der Waals surface area contributed by atoms with Gasteiger partial charge in [0.25, 0.3) is 8.32 Å². The predicted octanol–water partition coefficient (Wildman–Crippen LogP) is 7.22. The fraction of sp³-hybridized carbons (Fsp3) is 0.545. The van der Waals surface area contributed by atoms with Crippen molar-refractivity contribution in [1.29, 1.82) is 0 Å². The molecule has 58 heavy (non-hydrogen) atoms. The van der Waals surface area contributed by atoms with Crippen molar-refractivity contribution in [3.63, 3.8) is 0 Å². The van der Waals surface area contributed by atoms with Crippen molar-refractivity contribution in [3.8, 4) is 5.88 Å². The second-order valence-corrected chi connectivity index (χ2v) is 23.3. The molecule has 6 rings (SSSR count). The largest absolute Gasteiger partial charge is 0.530 e. The molecule has 0 saturated carbocycles. The number of benzene rings is 2. The highest BCUT2D eigenvalue weighted by Crippen LogP contribution is 2.44. The number of piperazine rings is 2. The lowest BCUT2D eigenvalue weighted by Gasteiger charge is -2.47. The Kier molecular flexibility index (Phi) is 12.6. The van der Waals surface area contributed by atoms with Gasteiger partial charge in [-0.1, -0.05) is 77.1 Å². The Morgan fingerprint density at radius 1 is 0.931 bits per heavy atom. The first-order chi connectivity index (χ1) is 27.2. The third kappa shape index (κ3) is 9.66. The van der Waals surface area contributed by atoms with E-state index in [0.717, 1.165) is 28.1 Å². The number of fused-ring (bicyclic) bond motifs is 1.